The van der Waals surface area contributed by atoms with E-state index in [1.807, 2.05) is 0 Å². The normalized spacial score (nSPS) is 11.1. The van der Waals surface area contributed by atoms with E-state index >= 15 is 0 Å². The number of alkyl halides is 2. The second-order valence-electron chi connectivity index (χ2n) is 5.55. The molecule has 0 aliphatic heterocycles. The average Bonchev–Trinajstić information content (AvgIpc) is 2.59. The molecule has 0 spiro atoms. The van der Waals surface area contributed by atoms with Crippen LogP contribution < -0.4 is 10.5 Å². The van der Waals surface area contributed by atoms with Crippen molar-refractivity contribution in [1.82, 2.24) is 14.5 Å². The monoisotopic (exact) mass is 360 g/mol. The van der Waals surface area contributed by atoms with Crippen LogP contribution >= 0.6 is 0 Å². The molecule has 2 aromatic heterocycles. The van der Waals surface area contributed by atoms with Gasteiger partial charge >= 0.3 is 0 Å². The molecule has 0 aliphatic rings. The van der Waals surface area contributed by atoms with Crippen LogP contribution in [-0.2, 0) is 0 Å². The highest BCUT2D eigenvalue weighted by Crippen LogP contribution is 2.31. The molecule has 0 fully saturated rings. The van der Waals surface area contributed by atoms with Gasteiger partial charge in [0.15, 0.2) is 0 Å². The van der Waals surface area contributed by atoms with Gasteiger partial charge in [0.1, 0.15) is 11.6 Å². The molecule has 0 amide bonds. The number of aryl methyl sites for hydroxylation is 1. The molecule has 2 N–H and O–H groups in total. The number of aromatic nitrogens is 3. The van der Waals surface area contributed by atoms with Crippen LogP contribution in [-0.4, -0.2) is 33.8 Å². The molecule has 0 unspecified atom stereocenters. The summed E-state index contributed by atoms with van der Waals surface area (Å²) in [5.74, 6) is -0.780. The SMILES string of the molecule is Cc1cc(N(CC(F)F)c2nc(=N)n(C=N)c3cccc(F)c23)ccn1. The number of hydrogen-bond acceptors (Lipinski definition) is 5. The molecule has 0 saturated carbocycles. The lowest BCUT2D eigenvalue weighted by molar-refractivity contribution is 0.157. The number of benzene rings is 1. The second kappa shape index (κ2) is 6.95. The Bertz CT molecular complexity index is 1030. The van der Waals surface area contributed by atoms with Crippen molar-refractivity contribution in [3.8, 4) is 0 Å². The summed E-state index contributed by atoms with van der Waals surface area (Å²) < 4.78 is 42.1. The summed E-state index contributed by atoms with van der Waals surface area (Å²) in [4.78, 5) is 9.21. The van der Waals surface area contributed by atoms with E-state index in [0.717, 1.165) is 15.8 Å². The van der Waals surface area contributed by atoms with Crippen molar-refractivity contribution in [2.24, 2.45) is 0 Å². The summed E-state index contributed by atoms with van der Waals surface area (Å²) in [5.41, 5.74) is 0.795. The van der Waals surface area contributed by atoms with E-state index in [1.54, 1.807) is 13.0 Å². The molecule has 0 atom stereocenters. The van der Waals surface area contributed by atoms with Gasteiger partial charge < -0.3 is 4.90 Å². The Balaban J connectivity index is 2.36. The van der Waals surface area contributed by atoms with Crippen LogP contribution in [0.25, 0.3) is 10.9 Å². The minimum Gasteiger partial charge on any atom is -0.320 e. The largest absolute Gasteiger partial charge is 0.320 e. The summed E-state index contributed by atoms with van der Waals surface area (Å²) in [6.07, 6.45) is -0.421. The number of rotatable bonds is 5. The number of pyridine rings is 1. The Hall–Kier alpha value is -3.23. The lowest BCUT2D eigenvalue weighted by Gasteiger charge is -2.25. The predicted octanol–water partition coefficient (Wildman–Crippen LogP) is 3.22. The molecular formula is C17H15F3N6. The van der Waals surface area contributed by atoms with Gasteiger partial charge in [0.2, 0.25) is 5.62 Å². The second-order valence-corrected chi connectivity index (χ2v) is 5.55. The van der Waals surface area contributed by atoms with Crippen LogP contribution in [0.2, 0.25) is 0 Å². The van der Waals surface area contributed by atoms with Gasteiger partial charge in [0, 0.05) is 17.6 Å². The molecule has 3 aromatic rings. The first-order valence-corrected chi connectivity index (χ1v) is 7.66. The van der Waals surface area contributed by atoms with Gasteiger partial charge in [-0.25, -0.2) is 13.2 Å². The fourth-order valence-corrected chi connectivity index (χ4v) is 2.74. The molecular weight excluding hydrogens is 345 g/mol. The van der Waals surface area contributed by atoms with Crippen molar-refractivity contribution in [3.05, 3.63) is 53.7 Å². The topological polar surface area (TPSA) is 81.7 Å². The Morgan fingerprint density at radius 1 is 1.31 bits per heavy atom. The molecule has 0 bridgehead atoms. The summed E-state index contributed by atoms with van der Waals surface area (Å²) in [5, 5.41) is 15.4. The maximum absolute atomic E-state index is 14.6. The van der Waals surface area contributed by atoms with E-state index in [4.69, 9.17) is 10.8 Å². The van der Waals surface area contributed by atoms with Crippen LogP contribution in [0.5, 0.6) is 0 Å². The number of hydrogen-bond donors (Lipinski definition) is 2. The van der Waals surface area contributed by atoms with Crippen LogP contribution in [0.4, 0.5) is 24.7 Å². The van der Waals surface area contributed by atoms with Crippen molar-refractivity contribution in [1.29, 1.82) is 10.8 Å². The minimum atomic E-state index is -2.71. The Morgan fingerprint density at radius 2 is 2.08 bits per heavy atom. The van der Waals surface area contributed by atoms with E-state index < -0.39 is 18.8 Å². The zero-order chi connectivity index (χ0) is 18.8. The van der Waals surface area contributed by atoms with Crippen molar-refractivity contribution in [2.75, 3.05) is 11.4 Å². The molecule has 0 saturated heterocycles. The Labute approximate surface area is 146 Å². The first kappa shape index (κ1) is 17.6. The Kier molecular flexibility index (Phi) is 4.70. The third-order valence-electron chi connectivity index (χ3n) is 3.81. The predicted molar refractivity (Wildman–Crippen MR) is 91.7 cm³/mol. The fraction of sp³-hybridized carbons (Fsp3) is 0.176. The van der Waals surface area contributed by atoms with Crippen LogP contribution in [0.15, 0.2) is 36.5 Å². The summed E-state index contributed by atoms with van der Waals surface area (Å²) >= 11 is 0. The lowest BCUT2D eigenvalue weighted by Crippen LogP contribution is -2.31. The summed E-state index contributed by atoms with van der Waals surface area (Å²) in [6, 6.07) is 7.22. The summed E-state index contributed by atoms with van der Waals surface area (Å²) in [6.45, 7) is 0.980. The Morgan fingerprint density at radius 3 is 2.73 bits per heavy atom. The smallest absolute Gasteiger partial charge is 0.256 e. The third-order valence-corrected chi connectivity index (χ3v) is 3.81. The van der Waals surface area contributed by atoms with E-state index in [1.165, 1.54) is 30.5 Å². The van der Waals surface area contributed by atoms with Crippen LogP contribution in [0.1, 0.15) is 5.69 Å². The van der Waals surface area contributed by atoms with E-state index in [9.17, 15) is 13.2 Å². The van der Waals surface area contributed by atoms with Gasteiger partial charge in [0.25, 0.3) is 6.43 Å². The van der Waals surface area contributed by atoms with Crippen molar-refractivity contribution < 1.29 is 13.2 Å². The van der Waals surface area contributed by atoms with Crippen LogP contribution in [0, 0.1) is 23.6 Å². The van der Waals surface area contributed by atoms with Crippen molar-refractivity contribution in [2.45, 2.75) is 13.3 Å². The number of anilines is 2. The van der Waals surface area contributed by atoms with Gasteiger partial charge in [-0.05, 0) is 31.2 Å². The maximum Gasteiger partial charge on any atom is 0.256 e. The molecule has 0 radical (unpaired) electrons. The van der Waals surface area contributed by atoms with Gasteiger partial charge in [0.05, 0.1) is 23.8 Å². The maximum atomic E-state index is 14.6. The number of fused-ring (bicyclic) bond motifs is 1. The zero-order valence-electron chi connectivity index (χ0n) is 13.7. The molecule has 1 aromatic carbocycles. The molecule has 0 aliphatic carbocycles. The highest BCUT2D eigenvalue weighted by Gasteiger charge is 2.22. The van der Waals surface area contributed by atoms with E-state index in [-0.39, 0.29) is 22.3 Å². The van der Waals surface area contributed by atoms with Gasteiger partial charge in [-0.15, -0.1) is 0 Å². The molecule has 2 heterocycles. The highest BCUT2D eigenvalue weighted by molar-refractivity contribution is 5.94. The van der Waals surface area contributed by atoms with Crippen molar-refractivity contribution >= 4 is 28.7 Å². The van der Waals surface area contributed by atoms with Gasteiger partial charge in [-0.1, -0.05) is 6.07 Å². The number of halogens is 3. The van der Waals surface area contributed by atoms with Crippen LogP contribution in [0.3, 0.4) is 0 Å². The van der Waals surface area contributed by atoms with E-state index in [2.05, 4.69) is 9.97 Å². The van der Waals surface area contributed by atoms with Gasteiger partial charge in [-0.3, -0.25) is 20.4 Å². The standard InChI is InChI=1S/C17H15F3N6/c1-10-7-11(5-6-23-10)25(8-14(19)20)16-15-12(18)3-2-4-13(15)26(9-21)17(22)24-16/h2-7,9,14,21-22H,8H2,1H3. The lowest BCUT2D eigenvalue weighted by atomic mass is 10.2. The average molecular weight is 360 g/mol. The molecule has 3 rings (SSSR count). The van der Waals surface area contributed by atoms with E-state index in [0.29, 0.717) is 11.4 Å². The third kappa shape index (κ3) is 3.15. The molecule has 9 heteroatoms. The zero-order valence-corrected chi connectivity index (χ0v) is 13.7. The number of nitrogens with zero attached hydrogens (tertiary/aromatic N) is 4. The first-order valence-electron chi connectivity index (χ1n) is 7.66. The number of nitrogens with one attached hydrogen (secondary N) is 2. The van der Waals surface area contributed by atoms with Crippen molar-refractivity contribution in [3.63, 3.8) is 0 Å². The fourth-order valence-electron chi connectivity index (χ4n) is 2.74. The highest BCUT2D eigenvalue weighted by atomic mass is 19.3. The molecule has 134 valence electrons. The first-order chi connectivity index (χ1) is 12.4. The quantitative estimate of drug-likeness (QED) is 0.541. The van der Waals surface area contributed by atoms with Gasteiger partial charge in [-0.2, -0.15) is 4.98 Å². The summed E-state index contributed by atoms with van der Waals surface area (Å²) in [7, 11) is 0. The minimum absolute atomic E-state index is 0.0397. The molecule has 26 heavy (non-hydrogen) atoms. The molecule has 6 nitrogen and oxygen atoms in total.